The number of rotatable bonds is 3. The van der Waals surface area contributed by atoms with Crippen molar-refractivity contribution in [2.45, 2.75) is 11.8 Å². The van der Waals surface area contributed by atoms with Gasteiger partial charge in [-0.15, -0.1) is 0 Å². The SMILES string of the molecule is Cc1cc(C#N)ccc1S(=O)(=O)Nc1ccc(O)cc1Cl. The maximum atomic E-state index is 12.3. The van der Waals surface area contributed by atoms with E-state index < -0.39 is 10.0 Å². The smallest absolute Gasteiger partial charge is 0.262 e. The molecule has 0 aromatic heterocycles. The first-order valence-corrected chi connectivity index (χ1v) is 7.71. The fourth-order valence-corrected chi connectivity index (χ4v) is 3.39. The van der Waals surface area contributed by atoms with Crippen LogP contribution >= 0.6 is 11.6 Å². The Morgan fingerprint density at radius 2 is 1.95 bits per heavy atom. The largest absolute Gasteiger partial charge is 0.508 e. The van der Waals surface area contributed by atoms with Gasteiger partial charge in [0.1, 0.15) is 5.75 Å². The van der Waals surface area contributed by atoms with E-state index in [1.54, 1.807) is 6.92 Å². The number of sulfonamides is 1. The Morgan fingerprint density at radius 1 is 1.24 bits per heavy atom. The predicted molar refractivity (Wildman–Crippen MR) is 79.8 cm³/mol. The fourth-order valence-electron chi connectivity index (χ4n) is 1.81. The van der Waals surface area contributed by atoms with Crippen molar-refractivity contribution in [1.82, 2.24) is 0 Å². The van der Waals surface area contributed by atoms with Crippen LogP contribution in [0.15, 0.2) is 41.3 Å². The Kier molecular flexibility index (Phi) is 4.07. The summed E-state index contributed by atoms with van der Waals surface area (Å²) in [6, 6.07) is 10.2. The highest BCUT2D eigenvalue weighted by atomic mass is 35.5. The number of aromatic hydroxyl groups is 1. The maximum absolute atomic E-state index is 12.3. The molecular formula is C14H11ClN2O3S. The molecule has 2 aromatic rings. The van der Waals surface area contributed by atoms with Crippen molar-refractivity contribution in [1.29, 1.82) is 5.26 Å². The van der Waals surface area contributed by atoms with Gasteiger partial charge in [-0.3, -0.25) is 4.72 Å². The number of benzene rings is 2. The average molecular weight is 323 g/mol. The average Bonchev–Trinajstić information content (AvgIpc) is 2.41. The summed E-state index contributed by atoms with van der Waals surface area (Å²) in [4.78, 5) is 0.0608. The summed E-state index contributed by atoms with van der Waals surface area (Å²) in [5, 5.41) is 18.1. The second kappa shape index (κ2) is 5.64. The zero-order valence-corrected chi connectivity index (χ0v) is 12.5. The lowest BCUT2D eigenvalue weighted by Gasteiger charge is -2.12. The van der Waals surface area contributed by atoms with E-state index >= 15 is 0 Å². The lowest BCUT2D eigenvalue weighted by molar-refractivity contribution is 0.475. The Bertz CT molecular complexity index is 842. The van der Waals surface area contributed by atoms with Crippen LogP contribution in [0.3, 0.4) is 0 Å². The van der Waals surface area contributed by atoms with Crippen LogP contribution in [0.2, 0.25) is 5.02 Å². The molecule has 0 aliphatic rings. The number of anilines is 1. The summed E-state index contributed by atoms with van der Waals surface area (Å²) in [7, 11) is -3.83. The summed E-state index contributed by atoms with van der Waals surface area (Å²) in [6.07, 6.45) is 0. The normalized spacial score (nSPS) is 10.9. The molecule has 2 rings (SSSR count). The standard InChI is InChI=1S/C14H11ClN2O3S/c1-9-6-10(8-16)2-5-14(9)21(19,20)17-13-4-3-11(18)7-12(13)15/h2-7,17-18H,1H3. The monoisotopic (exact) mass is 322 g/mol. The van der Waals surface area contributed by atoms with Gasteiger partial charge in [-0.2, -0.15) is 5.26 Å². The van der Waals surface area contributed by atoms with Crippen LogP contribution in [-0.4, -0.2) is 13.5 Å². The van der Waals surface area contributed by atoms with E-state index in [9.17, 15) is 13.5 Å². The Morgan fingerprint density at radius 3 is 2.52 bits per heavy atom. The van der Waals surface area contributed by atoms with Crippen molar-refractivity contribution in [3.05, 3.63) is 52.5 Å². The number of nitriles is 1. The van der Waals surface area contributed by atoms with Crippen LogP contribution < -0.4 is 4.72 Å². The lowest BCUT2D eigenvalue weighted by Crippen LogP contribution is -2.14. The molecule has 0 radical (unpaired) electrons. The van der Waals surface area contributed by atoms with Gasteiger partial charge in [-0.25, -0.2) is 8.42 Å². The van der Waals surface area contributed by atoms with Crippen LogP contribution in [0.4, 0.5) is 5.69 Å². The van der Waals surface area contributed by atoms with Gasteiger partial charge in [-0.1, -0.05) is 11.6 Å². The third-order valence-electron chi connectivity index (χ3n) is 2.79. The molecule has 0 fully saturated rings. The summed E-state index contributed by atoms with van der Waals surface area (Å²) < 4.78 is 27.0. The molecule has 0 saturated carbocycles. The number of nitrogens with zero attached hydrogens (tertiary/aromatic N) is 1. The number of hydrogen-bond acceptors (Lipinski definition) is 4. The third-order valence-corrected chi connectivity index (χ3v) is 4.63. The van der Waals surface area contributed by atoms with E-state index in [4.69, 9.17) is 16.9 Å². The fraction of sp³-hybridized carbons (Fsp3) is 0.0714. The van der Waals surface area contributed by atoms with Crippen molar-refractivity contribution in [3.63, 3.8) is 0 Å². The highest BCUT2D eigenvalue weighted by molar-refractivity contribution is 7.92. The van der Waals surface area contributed by atoms with E-state index in [2.05, 4.69) is 4.72 Å². The summed E-state index contributed by atoms with van der Waals surface area (Å²) in [5.41, 5.74) is 1.00. The topological polar surface area (TPSA) is 90.2 Å². The maximum Gasteiger partial charge on any atom is 0.262 e. The summed E-state index contributed by atoms with van der Waals surface area (Å²) >= 11 is 5.88. The second-order valence-electron chi connectivity index (χ2n) is 4.36. The van der Waals surface area contributed by atoms with Gasteiger partial charge in [0, 0.05) is 6.07 Å². The third kappa shape index (κ3) is 3.27. The van der Waals surface area contributed by atoms with Gasteiger partial charge in [0.2, 0.25) is 0 Å². The molecule has 2 N–H and O–H groups in total. The molecule has 5 nitrogen and oxygen atoms in total. The number of hydrogen-bond donors (Lipinski definition) is 2. The minimum absolute atomic E-state index is 0.0579. The van der Waals surface area contributed by atoms with Gasteiger partial charge < -0.3 is 5.11 Å². The Balaban J connectivity index is 2.41. The molecule has 108 valence electrons. The van der Waals surface area contributed by atoms with Crippen LogP contribution in [-0.2, 0) is 10.0 Å². The molecule has 2 aromatic carbocycles. The van der Waals surface area contributed by atoms with Gasteiger partial charge in [0.15, 0.2) is 0 Å². The highest BCUT2D eigenvalue weighted by Gasteiger charge is 2.18. The van der Waals surface area contributed by atoms with Gasteiger partial charge in [-0.05, 0) is 42.8 Å². The highest BCUT2D eigenvalue weighted by Crippen LogP contribution is 2.28. The van der Waals surface area contributed by atoms with Crippen molar-refractivity contribution in [2.75, 3.05) is 4.72 Å². The number of aryl methyl sites for hydroxylation is 1. The van der Waals surface area contributed by atoms with Crippen LogP contribution in [0, 0.1) is 18.3 Å². The van der Waals surface area contributed by atoms with Crippen LogP contribution in [0.25, 0.3) is 0 Å². The van der Waals surface area contributed by atoms with Gasteiger partial charge in [0.05, 0.1) is 27.2 Å². The van der Waals surface area contributed by atoms with E-state index in [0.29, 0.717) is 11.1 Å². The molecule has 0 aliphatic heterocycles. The van der Waals surface area contributed by atoms with Crippen molar-refractivity contribution >= 4 is 27.3 Å². The van der Waals surface area contributed by atoms with Crippen LogP contribution in [0.1, 0.15) is 11.1 Å². The van der Waals surface area contributed by atoms with E-state index in [0.717, 1.165) is 0 Å². The minimum Gasteiger partial charge on any atom is -0.508 e. The van der Waals surface area contributed by atoms with E-state index in [-0.39, 0.29) is 21.4 Å². The first-order chi connectivity index (χ1) is 9.83. The van der Waals surface area contributed by atoms with Crippen molar-refractivity contribution in [3.8, 4) is 11.8 Å². The van der Waals surface area contributed by atoms with Crippen molar-refractivity contribution < 1.29 is 13.5 Å². The van der Waals surface area contributed by atoms with Crippen molar-refractivity contribution in [2.24, 2.45) is 0 Å². The minimum atomic E-state index is -3.83. The van der Waals surface area contributed by atoms with Gasteiger partial charge in [0.25, 0.3) is 10.0 Å². The second-order valence-corrected chi connectivity index (χ2v) is 6.42. The number of phenols is 1. The lowest BCUT2D eigenvalue weighted by atomic mass is 10.2. The van der Waals surface area contributed by atoms with Crippen LogP contribution in [0.5, 0.6) is 5.75 Å². The molecule has 0 unspecified atom stereocenters. The number of phenolic OH excluding ortho intramolecular Hbond substituents is 1. The predicted octanol–water partition coefficient (Wildman–Crippen LogP) is 3.03. The number of nitrogens with one attached hydrogen (secondary N) is 1. The first kappa shape index (κ1) is 15.2. The first-order valence-electron chi connectivity index (χ1n) is 5.85. The Hall–Kier alpha value is -2.23. The molecule has 21 heavy (non-hydrogen) atoms. The molecule has 0 amide bonds. The molecule has 7 heteroatoms. The van der Waals surface area contributed by atoms with E-state index in [1.807, 2.05) is 6.07 Å². The molecular weight excluding hydrogens is 312 g/mol. The molecule has 0 bridgehead atoms. The molecule has 0 saturated heterocycles. The van der Waals surface area contributed by atoms with Gasteiger partial charge >= 0.3 is 0 Å². The zero-order valence-electron chi connectivity index (χ0n) is 11.0. The number of halogens is 1. The Labute approximate surface area is 127 Å². The molecule has 0 spiro atoms. The summed E-state index contributed by atoms with van der Waals surface area (Å²) in [6.45, 7) is 1.60. The molecule has 0 atom stereocenters. The zero-order chi connectivity index (χ0) is 15.6. The van der Waals surface area contributed by atoms with E-state index in [1.165, 1.54) is 36.4 Å². The quantitative estimate of drug-likeness (QED) is 0.850. The molecule has 0 aliphatic carbocycles. The summed E-state index contributed by atoms with van der Waals surface area (Å²) in [5.74, 6) is -0.0579. The molecule has 0 heterocycles.